The number of halogens is 4. The van der Waals surface area contributed by atoms with Crippen LogP contribution in [0.15, 0.2) is 74.7 Å². The highest BCUT2D eigenvalue weighted by Crippen LogP contribution is 2.32. The molecule has 0 spiro atoms. The summed E-state index contributed by atoms with van der Waals surface area (Å²) in [6.45, 7) is 0. The van der Waals surface area contributed by atoms with Crippen LogP contribution in [0.25, 0.3) is 0 Å². The number of hydrazone groups is 1. The number of nitrogens with one attached hydrogen (secondary N) is 1. The number of rotatable bonds is 5. The fourth-order valence-electron chi connectivity index (χ4n) is 2.40. The molecule has 3 aromatic carbocycles. The quantitative estimate of drug-likeness (QED) is 0.165. The lowest BCUT2D eigenvalue weighted by Gasteiger charge is -2.10. The number of hydrogen-bond acceptors (Lipinski definition) is 4. The van der Waals surface area contributed by atoms with Gasteiger partial charge >= 0.3 is 5.97 Å². The van der Waals surface area contributed by atoms with Crippen LogP contribution in [0, 0.1) is 0 Å². The number of benzene rings is 3. The Bertz CT molecular complexity index is 1140. The van der Waals surface area contributed by atoms with Crippen molar-refractivity contribution in [1.82, 2.24) is 5.43 Å². The van der Waals surface area contributed by atoms with Crippen LogP contribution in [-0.2, 0) is 0 Å². The molecule has 9 heteroatoms. The molecule has 0 aromatic heterocycles. The number of hydrogen-bond donors (Lipinski definition) is 1. The third-order valence-corrected chi connectivity index (χ3v) is 5.38. The SMILES string of the molecule is O=C(Oc1c(Br)cc(Br)cc1/C=N/NC(=O)c1ccc(Cl)cc1Cl)c1ccccc1. The van der Waals surface area contributed by atoms with Crippen molar-refractivity contribution in [2.24, 2.45) is 5.10 Å². The Hall–Kier alpha value is -2.19. The maximum absolute atomic E-state index is 12.4. The number of ether oxygens (including phenoxy) is 1. The van der Waals surface area contributed by atoms with Gasteiger partial charge in [-0.3, -0.25) is 4.79 Å². The summed E-state index contributed by atoms with van der Waals surface area (Å²) in [5, 5.41) is 4.58. The minimum atomic E-state index is -0.523. The highest BCUT2D eigenvalue weighted by molar-refractivity contribution is 9.11. The van der Waals surface area contributed by atoms with Gasteiger partial charge in [-0.25, -0.2) is 10.2 Å². The molecule has 0 bridgehead atoms. The van der Waals surface area contributed by atoms with Gasteiger partial charge in [0.2, 0.25) is 0 Å². The van der Waals surface area contributed by atoms with Crippen molar-refractivity contribution in [1.29, 1.82) is 0 Å². The molecule has 30 heavy (non-hydrogen) atoms. The van der Waals surface area contributed by atoms with Gasteiger partial charge in [0.05, 0.1) is 26.8 Å². The summed E-state index contributed by atoms with van der Waals surface area (Å²) >= 11 is 18.6. The molecule has 3 rings (SSSR count). The van der Waals surface area contributed by atoms with Gasteiger partial charge in [0.15, 0.2) is 5.75 Å². The Balaban J connectivity index is 1.81. The van der Waals surface area contributed by atoms with E-state index in [1.54, 1.807) is 48.5 Å². The van der Waals surface area contributed by atoms with Crippen LogP contribution < -0.4 is 10.2 Å². The van der Waals surface area contributed by atoms with E-state index in [-0.39, 0.29) is 16.3 Å². The molecule has 0 atom stereocenters. The molecule has 0 unspecified atom stereocenters. The van der Waals surface area contributed by atoms with E-state index >= 15 is 0 Å². The molecule has 0 aliphatic rings. The van der Waals surface area contributed by atoms with E-state index in [1.807, 2.05) is 0 Å². The van der Waals surface area contributed by atoms with Crippen LogP contribution in [0.4, 0.5) is 0 Å². The Morgan fingerprint density at radius 2 is 1.73 bits per heavy atom. The first kappa shape index (κ1) is 22.5. The molecule has 0 radical (unpaired) electrons. The van der Waals surface area contributed by atoms with Crippen LogP contribution in [-0.4, -0.2) is 18.1 Å². The van der Waals surface area contributed by atoms with Crippen LogP contribution in [0.3, 0.4) is 0 Å². The van der Waals surface area contributed by atoms with Gasteiger partial charge in [0, 0.05) is 15.1 Å². The van der Waals surface area contributed by atoms with Crippen molar-refractivity contribution in [3.8, 4) is 5.75 Å². The van der Waals surface area contributed by atoms with Gasteiger partial charge in [-0.1, -0.05) is 57.3 Å². The second kappa shape index (κ2) is 10.2. The summed E-state index contributed by atoms with van der Waals surface area (Å²) in [6, 6.07) is 16.5. The molecule has 1 N–H and O–H groups in total. The molecule has 1 amide bonds. The Morgan fingerprint density at radius 3 is 2.43 bits per heavy atom. The summed E-state index contributed by atoms with van der Waals surface area (Å²) in [5.74, 6) is -0.773. The molecule has 0 saturated carbocycles. The van der Waals surface area contributed by atoms with Crippen LogP contribution in [0.5, 0.6) is 5.75 Å². The predicted octanol–water partition coefficient (Wildman–Crippen LogP) is 6.50. The number of esters is 1. The summed E-state index contributed by atoms with van der Waals surface area (Å²) in [5.41, 5.74) is 3.48. The first-order valence-corrected chi connectivity index (χ1v) is 10.7. The highest BCUT2D eigenvalue weighted by atomic mass is 79.9. The third-order valence-electron chi connectivity index (χ3n) is 3.79. The lowest BCUT2D eigenvalue weighted by atomic mass is 10.2. The minimum Gasteiger partial charge on any atom is -0.421 e. The average molecular weight is 571 g/mol. The smallest absolute Gasteiger partial charge is 0.343 e. The Labute approximate surface area is 199 Å². The maximum Gasteiger partial charge on any atom is 0.343 e. The highest BCUT2D eigenvalue weighted by Gasteiger charge is 2.15. The van der Waals surface area contributed by atoms with Crippen molar-refractivity contribution in [2.75, 3.05) is 0 Å². The second-order valence-electron chi connectivity index (χ2n) is 5.88. The van der Waals surface area contributed by atoms with Crippen LogP contribution in [0.1, 0.15) is 26.3 Å². The summed E-state index contributed by atoms with van der Waals surface area (Å²) in [6.07, 6.45) is 1.37. The fourth-order valence-corrected chi connectivity index (χ4v) is 4.24. The van der Waals surface area contributed by atoms with Crippen molar-refractivity contribution in [3.05, 3.63) is 96.3 Å². The normalized spacial score (nSPS) is 10.8. The molecular formula is C21H12Br2Cl2N2O3. The standard InChI is InChI=1S/C21H12Br2Cl2N2O3/c22-14-8-13(11-26-27-20(28)16-7-6-15(24)10-18(16)25)19(17(23)9-14)30-21(29)12-4-2-1-3-5-12/h1-11H,(H,27,28)/b26-11+. The van der Waals surface area contributed by atoms with Crippen molar-refractivity contribution in [2.45, 2.75) is 0 Å². The summed E-state index contributed by atoms with van der Waals surface area (Å²) in [4.78, 5) is 24.7. The van der Waals surface area contributed by atoms with Gasteiger partial charge < -0.3 is 4.74 Å². The van der Waals surface area contributed by atoms with Crippen LogP contribution >= 0.6 is 55.1 Å². The molecule has 0 aliphatic carbocycles. The molecule has 3 aromatic rings. The summed E-state index contributed by atoms with van der Waals surface area (Å²) in [7, 11) is 0. The van der Waals surface area contributed by atoms with E-state index in [0.29, 0.717) is 20.6 Å². The van der Waals surface area contributed by atoms with Gasteiger partial charge in [0.1, 0.15) is 0 Å². The van der Waals surface area contributed by atoms with Gasteiger partial charge in [-0.2, -0.15) is 5.10 Å². The zero-order valence-electron chi connectivity index (χ0n) is 15.0. The van der Waals surface area contributed by atoms with E-state index in [2.05, 4.69) is 42.4 Å². The summed E-state index contributed by atoms with van der Waals surface area (Å²) < 4.78 is 6.81. The fraction of sp³-hybridized carbons (Fsp3) is 0. The first-order valence-electron chi connectivity index (χ1n) is 8.40. The minimum absolute atomic E-state index is 0.206. The number of amides is 1. The number of nitrogens with zero attached hydrogens (tertiary/aromatic N) is 1. The first-order chi connectivity index (χ1) is 14.3. The van der Waals surface area contributed by atoms with E-state index < -0.39 is 11.9 Å². The zero-order valence-corrected chi connectivity index (χ0v) is 19.7. The van der Waals surface area contributed by atoms with Crippen LogP contribution in [0.2, 0.25) is 10.0 Å². The Morgan fingerprint density at radius 1 is 1.00 bits per heavy atom. The van der Waals surface area contributed by atoms with Crippen molar-refractivity contribution in [3.63, 3.8) is 0 Å². The van der Waals surface area contributed by atoms with E-state index in [9.17, 15) is 9.59 Å². The molecule has 0 fully saturated rings. The number of carbonyl (C=O) groups is 2. The third kappa shape index (κ3) is 5.70. The molecule has 5 nitrogen and oxygen atoms in total. The number of carbonyl (C=O) groups excluding carboxylic acids is 2. The lowest BCUT2D eigenvalue weighted by molar-refractivity contribution is 0.0733. The molecule has 0 saturated heterocycles. The van der Waals surface area contributed by atoms with Gasteiger partial charge in [0.25, 0.3) is 5.91 Å². The Kier molecular flexibility index (Phi) is 7.66. The average Bonchev–Trinajstić information content (AvgIpc) is 2.70. The molecule has 0 aliphatic heterocycles. The molecule has 152 valence electrons. The van der Waals surface area contributed by atoms with Crippen molar-refractivity contribution >= 4 is 73.2 Å². The van der Waals surface area contributed by atoms with E-state index in [4.69, 9.17) is 27.9 Å². The monoisotopic (exact) mass is 568 g/mol. The van der Waals surface area contributed by atoms with Gasteiger partial charge in [-0.05, 0) is 58.4 Å². The van der Waals surface area contributed by atoms with Crippen molar-refractivity contribution < 1.29 is 14.3 Å². The lowest BCUT2D eigenvalue weighted by Crippen LogP contribution is -2.18. The van der Waals surface area contributed by atoms with E-state index in [1.165, 1.54) is 18.3 Å². The largest absolute Gasteiger partial charge is 0.421 e. The zero-order chi connectivity index (χ0) is 21.7. The van der Waals surface area contributed by atoms with E-state index in [0.717, 1.165) is 4.47 Å². The second-order valence-corrected chi connectivity index (χ2v) is 8.50. The molecular weight excluding hydrogens is 559 g/mol. The van der Waals surface area contributed by atoms with Gasteiger partial charge in [-0.15, -0.1) is 0 Å². The topological polar surface area (TPSA) is 67.8 Å². The molecule has 0 heterocycles. The predicted molar refractivity (Wildman–Crippen MR) is 125 cm³/mol. The maximum atomic E-state index is 12.4.